The molecule has 1 aromatic carbocycles. The van der Waals surface area contributed by atoms with Crippen molar-refractivity contribution < 1.29 is 15.0 Å². The second-order valence-electron chi connectivity index (χ2n) is 4.78. The van der Waals surface area contributed by atoms with Crippen LogP contribution in [0.4, 0.5) is 0 Å². The average Bonchev–Trinajstić information content (AvgIpc) is 2.82. The van der Waals surface area contributed by atoms with E-state index in [4.69, 9.17) is 23.2 Å². The summed E-state index contributed by atoms with van der Waals surface area (Å²) in [5.41, 5.74) is 0.510. The molecule has 1 heterocycles. The summed E-state index contributed by atoms with van der Waals surface area (Å²) >= 11 is 11.8. The molecular weight excluding hydrogens is 303 g/mol. The van der Waals surface area contributed by atoms with Gasteiger partial charge in [0.05, 0.1) is 18.2 Å². The number of carbonyl (C=O) groups excluding carboxylic acids is 1. The van der Waals surface area contributed by atoms with Crippen LogP contribution >= 0.6 is 23.2 Å². The first-order valence-electron chi connectivity index (χ1n) is 6.29. The lowest BCUT2D eigenvalue weighted by atomic mass is 10.1. The van der Waals surface area contributed by atoms with Gasteiger partial charge in [-0.15, -0.1) is 0 Å². The van der Waals surface area contributed by atoms with E-state index >= 15 is 0 Å². The van der Waals surface area contributed by atoms with Crippen LogP contribution in [0, 0.1) is 0 Å². The number of amides is 1. The van der Waals surface area contributed by atoms with E-state index in [0.717, 1.165) is 0 Å². The Labute approximate surface area is 126 Å². The van der Waals surface area contributed by atoms with Crippen LogP contribution in [0.15, 0.2) is 18.2 Å². The number of rotatable bonds is 4. The monoisotopic (exact) mass is 318 g/mol. The van der Waals surface area contributed by atoms with Gasteiger partial charge in [-0.3, -0.25) is 4.79 Å². The molecule has 3 atom stereocenters. The first-order valence-corrected chi connectivity index (χ1v) is 7.05. The van der Waals surface area contributed by atoms with Gasteiger partial charge in [0.2, 0.25) is 5.91 Å². The number of nitrogens with one attached hydrogen (secondary N) is 2. The molecule has 110 valence electrons. The number of aliphatic hydroxyl groups excluding tert-OH is 2. The van der Waals surface area contributed by atoms with Crippen molar-refractivity contribution in [3.63, 3.8) is 0 Å². The van der Waals surface area contributed by atoms with Crippen LogP contribution < -0.4 is 10.6 Å². The highest BCUT2D eigenvalue weighted by Gasteiger charge is 2.28. The van der Waals surface area contributed by atoms with E-state index in [1.54, 1.807) is 18.2 Å². The molecule has 0 unspecified atom stereocenters. The van der Waals surface area contributed by atoms with E-state index in [-0.39, 0.29) is 12.5 Å². The van der Waals surface area contributed by atoms with Gasteiger partial charge in [0, 0.05) is 28.7 Å². The molecule has 0 spiro atoms. The molecule has 1 aliphatic rings. The summed E-state index contributed by atoms with van der Waals surface area (Å²) < 4.78 is 0. The molecule has 1 aromatic rings. The van der Waals surface area contributed by atoms with Gasteiger partial charge >= 0.3 is 0 Å². The molecular formula is C13H16Cl2N2O3. The van der Waals surface area contributed by atoms with Crippen LogP contribution in [0.25, 0.3) is 0 Å². The molecule has 2 rings (SSSR count). The maximum atomic E-state index is 11.8. The van der Waals surface area contributed by atoms with Crippen molar-refractivity contribution in [1.29, 1.82) is 0 Å². The van der Waals surface area contributed by atoms with Crippen LogP contribution in [0.1, 0.15) is 18.1 Å². The zero-order valence-corrected chi connectivity index (χ0v) is 12.2. The summed E-state index contributed by atoms with van der Waals surface area (Å²) in [5.74, 6) is -0.245. The molecule has 1 aliphatic heterocycles. The lowest BCUT2D eigenvalue weighted by molar-refractivity contribution is -0.123. The summed E-state index contributed by atoms with van der Waals surface area (Å²) in [6, 6.07) is 4.37. The van der Waals surface area contributed by atoms with E-state index in [9.17, 15) is 15.0 Å². The zero-order chi connectivity index (χ0) is 14.7. The van der Waals surface area contributed by atoms with Gasteiger partial charge in [0.1, 0.15) is 0 Å². The Bertz CT molecular complexity index is 499. The highest BCUT2D eigenvalue weighted by Crippen LogP contribution is 2.25. The Morgan fingerprint density at radius 1 is 1.50 bits per heavy atom. The molecule has 0 saturated carbocycles. The van der Waals surface area contributed by atoms with Gasteiger partial charge in [0.15, 0.2) is 0 Å². The second kappa shape index (κ2) is 6.74. The second-order valence-corrected chi connectivity index (χ2v) is 5.62. The standard InChI is InChI=1S/C13H16Cl2N2O3/c14-7-1-2-9(10(15)3-7)12(19)6-17-13(20)11-4-8(18)5-16-11/h1-3,8,11-12,16,18-19H,4-6H2,(H,17,20)/t8-,11+,12-/m0/s1. The van der Waals surface area contributed by atoms with Crippen LogP contribution in [0.3, 0.4) is 0 Å². The summed E-state index contributed by atoms with van der Waals surface area (Å²) in [6.45, 7) is 0.456. The minimum atomic E-state index is -0.907. The third-order valence-corrected chi connectivity index (χ3v) is 3.78. The van der Waals surface area contributed by atoms with Gasteiger partial charge in [-0.1, -0.05) is 29.3 Å². The molecule has 20 heavy (non-hydrogen) atoms. The normalized spacial score (nSPS) is 23.6. The first kappa shape index (κ1) is 15.5. The number of aliphatic hydroxyl groups is 2. The van der Waals surface area contributed by atoms with E-state index in [0.29, 0.717) is 28.6 Å². The fourth-order valence-electron chi connectivity index (χ4n) is 2.12. The van der Waals surface area contributed by atoms with E-state index < -0.39 is 18.2 Å². The highest BCUT2D eigenvalue weighted by molar-refractivity contribution is 6.35. The molecule has 0 radical (unpaired) electrons. The molecule has 7 heteroatoms. The lowest BCUT2D eigenvalue weighted by Crippen LogP contribution is -2.41. The maximum Gasteiger partial charge on any atom is 0.237 e. The predicted molar refractivity (Wildman–Crippen MR) is 76.8 cm³/mol. The quantitative estimate of drug-likeness (QED) is 0.664. The molecule has 0 aliphatic carbocycles. The maximum absolute atomic E-state index is 11.8. The number of halogens is 2. The van der Waals surface area contributed by atoms with Crippen molar-refractivity contribution in [2.75, 3.05) is 13.1 Å². The molecule has 1 saturated heterocycles. The molecule has 0 bridgehead atoms. The molecule has 4 N–H and O–H groups in total. The number of hydrogen-bond acceptors (Lipinski definition) is 4. The number of benzene rings is 1. The van der Waals surface area contributed by atoms with Crippen LogP contribution in [-0.4, -0.2) is 41.4 Å². The van der Waals surface area contributed by atoms with Crippen molar-refractivity contribution in [2.24, 2.45) is 0 Å². The molecule has 1 fully saturated rings. The van der Waals surface area contributed by atoms with Gasteiger partial charge in [-0.2, -0.15) is 0 Å². The third-order valence-electron chi connectivity index (χ3n) is 3.22. The lowest BCUT2D eigenvalue weighted by Gasteiger charge is -2.16. The topological polar surface area (TPSA) is 81.6 Å². The highest BCUT2D eigenvalue weighted by atomic mass is 35.5. The number of β-amino-alcohol motifs (C(OH)–C–C–N with tert-alkyl or cyclic N) is 1. The number of carbonyl (C=O) groups is 1. The van der Waals surface area contributed by atoms with Crippen molar-refractivity contribution in [1.82, 2.24) is 10.6 Å². The van der Waals surface area contributed by atoms with Crippen LogP contribution in [0.5, 0.6) is 0 Å². The Morgan fingerprint density at radius 3 is 2.85 bits per heavy atom. The van der Waals surface area contributed by atoms with Gasteiger partial charge < -0.3 is 20.8 Å². The van der Waals surface area contributed by atoms with Crippen LogP contribution in [-0.2, 0) is 4.79 Å². The minimum absolute atomic E-state index is 0.0501. The summed E-state index contributed by atoms with van der Waals surface area (Å²) in [7, 11) is 0. The molecule has 1 amide bonds. The van der Waals surface area contributed by atoms with E-state index in [1.165, 1.54) is 0 Å². The smallest absolute Gasteiger partial charge is 0.237 e. The average molecular weight is 319 g/mol. The molecule has 5 nitrogen and oxygen atoms in total. The molecule has 0 aromatic heterocycles. The fraction of sp³-hybridized carbons (Fsp3) is 0.462. The summed E-state index contributed by atoms with van der Waals surface area (Å²) in [4.78, 5) is 11.8. The SMILES string of the molecule is O=C(NC[C@H](O)c1ccc(Cl)cc1Cl)[C@H]1C[C@H](O)CN1. The Hall–Kier alpha value is -0.850. The van der Waals surface area contributed by atoms with Crippen LogP contribution in [0.2, 0.25) is 10.0 Å². The van der Waals surface area contributed by atoms with E-state index in [2.05, 4.69) is 10.6 Å². The van der Waals surface area contributed by atoms with Gasteiger partial charge in [-0.25, -0.2) is 0 Å². The Morgan fingerprint density at radius 2 is 2.25 bits per heavy atom. The van der Waals surface area contributed by atoms with Gasteiger partial charge in [-0.05, 0) is 18.6 Å². The van der Waals surface area contributed by atoms with Crippen molar-refractivity contribution in [3.05, 3.63) is 33.8 Å². The number of hydrogen-bond donors (Lipinski definition) is 4. The largest absolute Gasteiger partial charge is 0.392 e. The van der Waals surface area contributed by atoms with Crippen molar-refractivity contribution in [3.8, 4) is 0 Å². The van der Waals surface area contributed by atoms with E-state index in [1.807, 2.05) is 0 Å². The Kier molecular flexibility index (Phi) is 5.23. The zero-order valence-electron chi connectivity index (χ0n) is 10.6. The van der Waals surface area contributed by atoms with Crippen molar-refractivity contribution in [2.45, 2.75) is 24.7 Å². The Balaban J connectivity index is 1.88. The minimum Gasteiger partial charge on any atom is -0.392 e. The van der Waals surface area contributed by atoms with Gasteiger partial charge in [0.25, 0.3) is 0 Å². The van der Waals surface area contributed by atoms with Crippen molar-refractivity contribution >= 4 is 29.1 Å². The summed E-state index contributed by atoms with van der Waals surface area (Å²) in [6.07, 6.45) is -1.03. The first-order chi connectivity index (χ1) is 9.47. The fourth-order valence-corrected chi connectivity index (χ4v) is 2.65. The third kappa shape index (κ3) is 3.84. The summed E-state index contributed by atoms with van der Waals surface area (Å²) in [5, 5.41) is 25.7. The predicted octanol–water partition coefficient (Wildman–Crippen LogP) is 0.866.